The van der Waals surface area contributed by atoms with Gasteiger partial charge in [0, 0.05) is 11.3 Å². The van der Waals surface area contributed by atoms with Gasteiger partial charge >= 0.3 is 12.2 Å². The minimum atomic E-state index is -0.814. The molecule has 0 heterocycles. The number of carbonyl (C=O) groups is 2. The molecule has 0 aliphatic heterocycles. The third-order valence-corrected chi connectivity index (χ3v) is 2.40. The molecule has 0 saturated heterocycles. The van der Waals surface area contributed by atoms with Crippen molar-refractivity contribution in [2.24, 2.45) is 4.99 Å². The molecule has 24 heavy (non-hydrogen) atoms. The maximum atomic E-state index is 12.0. The van der Waals surface area contributed by atoms with Crippen molar-refractivity contribution in [3.8, 4) is 0 Å². The van der Waals surface area contributed by atoms with Gasteiger partial charge in [-0.25, -0.2) is 9.59 Å². The molecule has 3 N–H and O–H groups in total. The predicted octanol–water partition coefficient (Wildman–Crippen LogP) is 3.48. The fourth-order valence-corrected chi connectivity index (χ4v) is 1.58. The first-order valence-electron chi connectivity index (χ1n) is 7.53. The van der Waals surface area contributed by atoms with Crippen molar-refractivity contribution in [3.63, 3.8) is 0 Å². The quantitative estimate of drug-likeness (QED) is 0.464. The zero-order chi connectivity index (χ0) is 18.5. The third kappa shape index (κ3) is 7.62. The first kappa shape index (κ1) is 19.5. The molecule has 0 aromatic heterocycles. The summed E-state index contributed by atoms with van der Waals surface area (Å²) in [5.74, 6) is 0.0264. The predicted molar refractivity (Wildman–Crippen MR) is 93.0 cm³/mol. The minimum Gasteiger partial charge on any atom is -0.444 e. The molecule has 0 radical (unpaired) electrons. The summed E-state index contributed by atoms with van der Waals surface area (Å²) >= 11 is 0. The lowest BCUT2D eigenvalue weighted by Crippen LogP contribution is -2.37. The van der Waals surface area contributed by atoms with Gasteiger partial charge < -0.3 is 15.2 Å². The van der Waals surface area contributed by atoms with E-state index in [1.165, 1.54) is 0 Å². The Balaban J connectivity index is 3.05. The number of nitrogens with two attached hydrogens (primary N) is 1. The molecule has 1 aromatic rings. The van der Waals surface area contributed by atoms with E-state index in [9.17, 15) is 9.59 Å². The fourth-order valence-electron chi connectivity index (χ4n) is 1.58. The highest BCUT2D eigenvalue weighted by Crippen LogP contribution is 2.11. The van der Waals surface area contributed by atoms with Crippen molar-refractivity contribution >= 4 is 23.7 Å². The maximum absolute atomic E-state index is 12.0. The molecule has 0 unspecified atom stereocenters. The van der Waals surface area contributed by atoms with Crippen LogP contribution in [0.5, 0.6) is 0 Å². The molecule has 0 atom stereocenters. The zero-order valence-corrected chi connectivity index (χ0v) is 15.0. The van der Waals surface area contributed by atoms with Crippen LogP contribution in [0.2, 0.25) is 0 Å². The van der Waals surface area contributed by atoms with Gasteiger partial charge in [-0.1, -0.05) is 0 Å². The summed E-state index contributed by atoms with van der Waals surface area (Å²) in [6, 6.07) is 6.54. The second-order valence-electron chi connectivity index (χ2n) is 7.19. The average Bonchev–Trinajstić information content (AvgIpc) is 2.34. The van der Waals surface area contributed by atoms with Crippen LogP contribution in [-0.2, 0) is 9.47 Å². The van der Waals surface area contributed by atoms with E-state index < -0.39 is 23.4 Å². The van der Waals surface area contributed by atoms with Crippen LogP contribution in [0.25, 0.3) is 0 Å². The SMILES string of the molecule is CC(C)(C)OC(=O)N=C(NC(=O)OC(C)(C)C)c1ccc(N)cc1. The zero-order valence-electron chi connectivity index (χ0n) is 15.0. The summed E-state index contributed by atoms with van der Waals surface area (Å²) < 4.78 is 10.3. The Morgan fingerprint density at radius 3 is 1.92 bits per heavy atom. The van der Waals surface area contributed by atoms with Crippen LogP contribution in [-0.4, -0.2) is 29.2 Å². The van der Waals surface area contributed by atoms with E-state index in [-0.39, 0.29) is 5.84 Å². The van der Waals surface area contributed by atoms with Gasteiger partial charge in [-0.3, -0.25) is 5.32 Å². The number of alkyl carbamates (subject to hydrolysis) is 1. The molecular formula is C17H25N3O4. The van der Waals surface area contributed by atoms with Gasteiger partial charge in [-0.05, 0) is 65.8 Å². The number of hydrogen-bond acceptors (Lipinski definition) is 5. The van der Waals surface area contributed by atoms with E-state index in [0.717, 1.165) is 0 Å². The standard InChI is InChI=1S/C17H25N3O4/c1-16(2,3)23-14(21)19-13(11-7-9-12(18)10-8-11)20-15(22)24-17(4,5)6/h7-10H,18H2,1-6H3,(H,19,20,21,22). The number of nitrogen functional groups attached to an aromatic ring is 1. The number of nitrogens with one attached hydrogen (secondary N) is 1. The molecule has 0 spiro atoms. The molecule has 0 fully saturated rings. The first-order valence-corrected chi connectivity index (χ1v) is 7.53. The van der Waals surface area contributed by atoms with Gasteiger partial charge in [0.15, 0.2) is 0 Å². The molecule has 1 aromatic carbocycles. The number of rotatable bonds is 1. The Hall–Kier alpha value is -2.57. The summed E-state index contributed by atoms with van der Waals surface area (Å²) in [4.78, 5) is 27.8. The van der Waals surface area contributed by atoms with Gasteiger partial charge in [-0.15, -0.1) is 0 Å². The first-order chi connectivity index (χ1) is 10.9. The van der Waals surface area contributed by atoms with Gasteiger partial charge in [0.1, 0.15) is 17.0 Å². The van der Waals surface area contributed by atoms with Gasteiger partial charge in [0.2, 0.25) is 0 Å². The number of benzene rings is 1. The van der Waals surface area contributed by atoms with E-state index in [0.29, 0.717) is 11.3 Å². The third-order valence-electron chi connectivity index (χ3n) is 2.40. The lowest BCUT2D eigenvalue weighted by molar-refractivity contribution is 0.0563. The number of aliphatic imine (C=N–C) groups is 1. The van der Waals surface area contributed by atoms with E-state index in [1.807, 2.05) is 0 Å². The number of hydrogen-bond donors (Lipinski definition) is 2. The molecule has 7 heteroatoms. The van der Waals surface area contributed by atoms with E-state index in [1.54, 1.807) is 65.8 Å². The maximum Gasteiger partial charge on any atom is 0.436 e. The molecule has 0 aliphatic carbocycles. The Bertz CT molecular complexity index is 623. The highest BCUT2D eigenvalue weighted by molar-refractivity contribution is 6.10. The van der Waals surface area contributed by atoms with Crippen molar-refractivity contribution in [1.29, 1.82) is 0 Å². The molecule has 0 saturated carbocycles. The van der Waals surface area contributed by atoms with Crippen LogP contribution in [0.4, 0.5) is 15.3 Å². The Labute approximate surface area is 142 Å². The Morgan fingerprint density at radius 2 is 1.46 bits per heavy atom. The minimum absolute atomic E-state index is 0.0264. The second kappa shape index (κ2) is 7.33. The highest BCUT2D eigenvalue weighted by Gasteiger charge is 2.20. The number of amides is 2. The monoisotopic (exact) mass is 335 g/mol. The summed E-state index contributed by atoms with van der Waals surface area (Å²) in [6.07, 6.45) is -1.54. The number of amidine groups is 1. The number of carbonyl (C=O) groups excluding carboxylic acids is 2. The Morgan fingerprint density at radius 1 is 0.958 bits per heavy atom. The molecule has 0 aliphatic rings. The van der Waals surface area contributed by atoms with Crippen LogP contribution >= 0.6 is 0 Å². The van der Waals surface area contributed by atoms with Crippen molar-refractivity contribution in [2.45, 2.75) is 52.7 Å². The molecule has 0 bridgehead atoms. The topological polar surface area (TPSA) is 103 Å². The van der Waals surface area contributed by atoms with E-state index in [4.69, 9.17) is 15.2 Å². The second-order valence-corrected chi connectivity index (χ2v) is 7.19. The van der Waals surface area contributed by atoms with Gasteiger partial charge in [0.25, 0.3) is 0 Å². The van der Waals surface area contributed by atoms with E-state index >= 15 is 0 Å². The number of anilines is 1. The highest BCUT2D eigenvalue weighted by atomic mass is 16.6. The van der Waals surface area contributed by atoms with Crippen molar-refractivity contribution in [3.05, 3.63) is 29.8 Å². The molecular weight excluding hydrogens is 310 g/mol. The van der Waals surface area contributed by atoms with Gasteiger partial charge in [0.05, 0.1) is 0 Å². The fraction of sp³-hybridized carbons (Fsp3) is 0.471. The largest absolute Gasteiger partial charge is 0.444 e. The van der Waals surface area contributed by atoms with Crippen molar-refractivity contribution in [2.75, 3.05) is 5.73 Å². The van der Waals surface area contributed by atoms with Crippen LogP contribution in [0.1, 0.15) is 47.1 Å². The number of nitrogens with zero attached hydrogens (tertiary/aromatic N) is 1. The average molecular weight is 335 g/mol. The van der Waals surface area contributed by atoms with Crippen molar-refractivity contribution < 1.29 is 19.1 Å². The summed E-state index contributed by atoms with van der Waals surface area (Å²) in [7, 11) is 0. The smallest absolute Gasteiger partial charge is 0.436 e. The van der Waals surface area contributed by atoms with E-state index in [2.05, 4.69) is 10.3 Å². The van der Waals surface area contributed by atoms with Crippen LogP contribution in [0.3, 0.4) is 0 Å². The summed E-state index contributed by atoms with van der Waals surface area (Å²) in [6.45, 7) is 10.4. The summed E-state index contributed by atoms with van der Waals surface area (Å²) in [5, 5.41) is 2.47. The number of ether oxygens (including phenoxy) is 2. The Kier molecular flexibility index (Phi) is 5.95. The van der Waals surface area contributed by atoms with Crippen LogP contribution < -0.4 is 11.1 Å². The lowest BCUT2D eigenvalue weighted by atomic mass is 10.2. The van der Waals surface area contributed by atoms with Crippen LogP contribution in [0, 0.1) is 0 Å². The molecule has 7 nitrogen and oxygen atoms in total. The van der Waals surface area contributed by atoms with Gasteiger partial charge in [-0.2, -0.15) is 4.99 Å². The normalized spacial score (nSPS) is 12.5. The molecule has 2 amide bonds. The molecule has 1 rings (SSSR count). The lowest BCUT2D eigenvalue weighted by Gasteiger charge is -2.21. The van der Waals surface area contributed by atoms with Crippen LogP contribution in [0.15, 0.2) is 29.3 Å². The van der Waals surface area contributed by atoms with Crippen molar-refractivity contribution in [1.82, 2.24) is 5.32 Å². The molecule has 132 valence electrons. The summed E-state index contributed by atoms with van der Waals surface area (Å²) in [5.41, 5.74) is 5.33.